The average Bonchev–Trinajstić information content (AvgIpc) is 3.12. The van der Waals surface area contributed by atoms with Crippen LogP contribution in [-0.2, 0) is 9.47 Å². The summed E-state index contributed by atoms with van der Waals surface area (Å²) in [5, 5.41) is 0.868. The van der Waals surface area contributed by atoms with Gasteiger partial charge in [0.25, 0.3) is 0 Å². The van der Waals surface area contributed by atoms with Crippen molar-refractivity contribution in [1.82, 2.24) is 15.0 Å². The molecule has 0 spiro atoms. The highest BCUT2D eigenvalue weighted by atomic mass is 79.9. The third kappa shape index (κ3) is 5.26. The highest BCUT2D eigenvalue weighted by Gasteiger charge is 2.19. The van der Waals surface area contributed by atoms with E-state index >= 15 is 0 Å². The molecule has 1 aromatic carbocycles. The molecule has 0 radical (unpaired) electrons. The molecule has 0 saturated carbocycles. The lowest BCUT2D eigenvalue weighted by Crippen LogP contribution is -2.31. The van der Waals surface area contributed by atoms with Crippen molar-refractivity contribution >= 4 is 55.5 Å². The number of benzene rings is 1. The summed E-state index contributed by atoms with van der Waals surface area (Å²) in [4.78, 5) is 14.8. The zero-order chi connectivity index (χ0) is 21.7. The van der Waals surface area contributed by atoms with E-state index in [-0.39, 0.29) is 0 Å². The number of halogens is 1. The molecule has 0 aliphatic rings. The van der Waals surface area contributed by atoms with Crippen LogP contribution in [-0.4, -0.2) is 60.8 Å². The number of nitrogens with zero attached hydrogens (tertiary/aromatic N) is 3. The van der Waals surface area contributed by atoms with Crippen molar-refractivity contribution in [3.8, 4) is 11.3 Å². The molecule has 3 aromatic rings. The van der Waals surface area contributed by atoms with Gasteiger partial charge >= 0.3 is 0 Å². The molecule has 3 rings (SSSR count). The predicted molar refractivity (Wildman–Crippen MR) is 131 cm³/mol. The number of hydrogen-bond donors (Lipinski definition) is 1. The van der Waals surface area contributed by atoms with Crippen molar-refractivity contribution in [2.24, 2.45) is 0 Å². The Kier molecular flexibility index (Phi) is 8.35. The lowest BCUT2D eigenvalue weighted by molar-refractivity contribution is 0.190. The molecule has 0 amide bonds. The Bertz CT molecular complexity index is 1050. The maximum atomic E-state index is 5.35. The van der Waals surface area contributed by atoms with Crippen molar-refractivity contribution in [2.75, 3.05) is 50.8 Å². The first-order valence-corrected chi connectivity index (χ1v) is 12.1. The van der Waals surface area contributed by atoms with Crippen LogP contribution in [0.4, 0.5) is 5.69 Å². The number of methoxy groups -OCH3 is 2. The number of aryl methyl sites for hydroxylation is 1. The summed E-state index contributed by atoms with van der Waals surface area (Å²) in [5.74, 6) is 1.05. The van der Waals surface area contributed by atoms with Gasteiger partial charge < -0.3 is 19.4 Å². The molecule has 0 fully saturated rings. The van der Waals surface area contributed by atoms with E-state index in [2.05, 4.69) is 55.9 Å². The number of ether oxygens (including phenoxy) is 2. The number of hydrogen-bond acceptors (Lipinski definition) is 7. The fraction of sp³-hybridized carbons (Fsp3) is 0.476. The standard InChI is InChI=1S/C21H27BrN4O2S2/c1-13(12-22)16-11-15(5-6-17(16)26(7-9-27-3)8-10-28-4)18-19-20(24-14(2)23-18)25-21(29)30-19/h5-6,11,13H,7-10,12H2,1-4H3,(H,23,24,25,29). The van der Waals surface area contributed by atoms with E-state index in [0.717, 1.165) is 45.8 Å². The maximum Gasteiger partial charge on any atom is 0.160 e. The lowest BCUT2D eigenvalue weighted by atomic mass is 9.96. The number of rotatable bonds is 10. The molecule has 0 bridgehead atoms. The van der Waals surface area contributed by atoms with Gasteiger partial charge in [-0.1, -0.05) is 28.9 Å². The molecule has 6 nitrogen and oxygen atoms in total. The van der Waals surface area contributed by atoms with Gasteiger partial charge in [0.15, 0.2) is 9.60 Å². The first kappa shape index (κ1) is 23.3. The second-order valence-electron chi connectivity index (χ2n) is 7.11. The molecule has 162 valence electrons. The molecule has 0 aliphatic carbocycles. The molecule has 9 heteroatoms. The third-order valence-electron chi connectivity index (χ3n) is 4.93. The number of aromatic amines is 1. The minimum absolute atomic E-state index is 0.329. The number of H-pyrrole nitrogens is 1. The van der Waals surface area contributed by atoms with Gasteiger partial charge in [-0.3, -0.25) is 0 Å². The van der Waals surface area contributed by atoms with Crippen LogP contribution in [0.1, 0.15) is 24.2 Å². The van der Waals surface area contributed by atoms with E-state index in [4.69, 9.17) is 26.7 Å². The maximum absolute atomic E-state index is 5.35. The predicted octanol–water partition coefficient (Wildman–Crippen LogP) is 5.32. The summed E-state index contributed by atoms with van der Waals surface area (Å²) in [6.07, 6.45) is 0. The van der Waals surface area contributed by atoms with Crippen molar-refractivity contribution in [2.45, 2.75) is 19.8 Å². The van der Waals surface area contributed by atoms with Gasteiger partial charge in [-0.05, 0) is 42.8 Å². The zero-order valence-corrected chi connectivity index (χ0v) is 20.9. The molecule has 1 unspecified atom stereocenters. The first-order chi connectivity index (χ1) is 14.5. The Hall–Kier alpha value is -1.39. The molecule has 30 heavy (non-hydrogen) atoms. The van der Waals surface area contributed by atoms with Gasteiger partial charge in [-0.2, -0.15) is 0 Å². The average molecular weight is 512 g/mol. The van der Waals surface area contributed by atoms with Gasteiger partial charge in [-0.15, -0.1) is 11.3 Å². The summed E-state index contributed by atoms with van der Waals surface area (Å²) >= 11 is 10.5. The van der Waals surface area contributed by atoms with Gasteiger partial charge in [0, 0.05) is 43.9 Å². The van der Waals surface area contributed by atoms with Crippen LogP contribution < -0.4 is 4.90 Å². The first-order valence-electron chi connectivity index (χ1n) is 9.79. The number of thiazole rings is 1. The topological polar surface area (TPSA) is 63.3 Å². The van der Waals surface area contributed by atoms with E-state index in [1.165, 1.54) is 22.6 Å². The lowest BCUT2D eigenvalue weighted by Gasteiger charge is -2.29. The number of fused-ring (bicyclic) bond motifs is 1. The molecule has 2 heterocycles. The van der Waals surface area contributed by atoms with Crippen LogP contribution in [0.25, 0.3) is 21.6 Å². The molecule has 1 N–H and O–H groups in total. The van der Waals surface area contributed by atoms with Crippen LogP contribution >= 0.6 is 39.5 Å². The molecule has 2 aromatic heterocycles. The van der Waals surface area contributed by atoms with Crippen molar-refractivity contribution in [3.63, 3.8) is 0 Å². The second kappa shape index (κ2) is 10.8. The van der Waals surface area contributed by atoms with Crippen LogP contribution in [0.3, 0.4) is 0 Å². The molecule has 1 atom stereocenters. The fourth-order valence-electron chi connectivity index (χ4n) is 3.38. The Morgan fingerprint density at radius 2 is 1.90 bits per heavy atom. The van der Waals surface area contributed by atoms with E-state index in [0.29, 0.717) is 23.1 Å². The molecular weight excluding hydrogens is 484 g/mol. The number of aromatic nitrogens is 3. The second-order valence-corrected chi connectivity index (χ2v) is 9.45. The normalized spacial score (nSPS) is 12.4. The van der Waals surface area contributed by atoms with Crippen LogP contribution in [0.2, 0.25) is 0 Å². The van der Waals surface area contributed by atoms with Crippen molar-refractivity contribution in [1.29, 1.82) is 0 Å². The van der Waals surface area contributed by atoms with Gasteiger partial charge in [0.1, 0.15) is 5.82 Å². The van der Waals surface area contributed by atoms with E-state index in [1.807, 2.05) is 6.92 Å². The summed E-state index contributed by atoms with van der Waals surface area (Å²) in [7, 11) is 3.46. The van der Waals surface area contributed by atoms with E-state index < -0.39 is 0 Å². The number of nitrogens with one attached hydrogen (secondary N) is 1. The fourth-order valence-corrected chi connectivity index (χ4v) is 4.86. The summed E-state index contributed by atoms with van der Waals surface area (Å²) in [6, 6.07) is 6.57. The third-order valence-corrected chi connectivity index (χ3v) is 7.13. The largest absolute Gasteiger partial charge is 0.383 e. The minimum Gasteiger partial charge on any atom is -0.383 e. The number of anilines is 1. The van der Waals surface area contributed by atoms with Crippen molar-refractivity contribution in [3.05, 3.63) is 33.5 Å². The van der Waals surface area contributed by atoms with Crippen LogP contribution in [0.15, 0.2) is 18.2 Å². The highest BCUT2D eigenvalue weighted by Crippen LogP contribution is 2.36. The Balaban J connectivity index is 2.12. The molecule has 0 aliphatic heterocycles. The SMILES string of the molecule is COCCN(CCOC)c1ccc(-c2nc(C)nc3[nH]c(=S)sc23)cc1C(C)CBr. The van der Waals surface area contributed by atoms with E-state index in [1.54, 1.807) is 14.2 Å². The summed E-state index contributed by atoms with van der Waals surface area (Å²) in [6.45, 7) is 7.06. The molecular formula is C21H27BrN4O2S2. The smallest absolute Gasteiger partial charge is 0.160 e. The Morgan fingerprint density at radius 3 is 2.53 bits per heavy atom. The summed E-state index contributed by atoms with van der Waals surface area (Å²) < 4.78 is 12.4. The zero-order valence-electron chi connectivity index (χ0n) is 17.7. The molecule has 0 saturated heterocycles. The Labute approximate surface area is 194 Å². The van der Waals surface area contributed by atoms with Gasteiger partial charge in [0.2, 0.25) is 0 Å². The van der Waals surface area contributed by atoms with Crippen molar-refractivity contribution < 1.29 is 9.47 Å². The highest BCUT2D eigenvalue weighted by molar-refractivity contribution is 9.09. The minimum atomic E-state index is 0.329. The number of alkyl halides is 1. The van der Waals surface area contributed by atoms with E-state index in [9.17, 15) is 0 Å². The van der Waals surface area contributed by atoms with Gasteiger partial charge in [-0.25, -0.2) is 9.97 Å². The Morgan fingerprint density at radius 1 is 1.20 bits per heavy atom. The van der Waals surface area contributed by atoms with Crippen LogP contribution in [0.5, 0.6) is 0 Å². The summed E-state index contributed by atoms with van der Waals surface area (Å²) in [5.41, 5.74) is 5.25. The van der Waals surface area contributed by atoms with Gasteiger partial charge in [0.05, 0.1) is 23.6 Å². The van der Waals surface area contributed by atoms with Crippen LogP contribution in [0, 0.1) is 10.9 Å². The monoisotopic (exact) mass is 510 g/mol. The quantitative estimate of drug-likeness (QED) is 0.294.